The first kappa shape index (κ1) is 9.50. The summed E-state index contributed by atoms with van der Waals surface area (Å²) < 4.78 is 29.4. The summed E-state index contributed by atoms with van der Waals surface area (Å²) >= 11 is 0. The van der Waals surface area contributed by atoms with Gasteiger partial charge in [-0.3, -0.25) is 0 Å². The van der Waals surface area contributed by atoms with Crippen molar-refractivity contribution in [2.45, 2.75) is 6.43 Å². The summed E-state index contributed by atoms with van der Waals surface area (Å²) in [6.45, 7) is 0. The van der Waals surface area contributed by atoms with E-state index in [4.69, 9.17) is 11.5 Å². The van der Waals surface area contributed by atoms with E-state index in [1.807, 2.05) is 0 Å². The third kappa shape index (κ3) is 1.77. The van der Waals surface area contributed by atoms with Gasteiger partial charge in [0, 0.05) is 6.07 Å². The molecule has 0 amide bonds. The average molecular weight is 189 g/mol. The summed E-state index contributed by atoms with van der Waals surface area (Å²) in [4.78, 5) is 3.50. The van der Waals surface area contributed by atoms with Gasteiger partial charge in [-0.25, -0.2) is 13.8 Å². The second-order valence-corrected chi connectivity index (χ2v) is 2.35. The Bertz CT molecular complexity index is 317. The van der Waals surface area contributed by atoms with Gasteiger partial charge < -0.3 is 16.2 Å². The minimum atomic E-state index is -2.72. The molecule has 0 radical (unpaired) electrons. The summed E-state index contributed by atoms with van der Waals surface area (Å²) in [7, 11) is 1.26. The number of hydrogen-bond acceptors (Lipinski definition) is 4. The summed E-state index contributed by atoms with van der Waals surface area (Å²) in [6, 6.07) is 1.21. The second kappa shape index (κ2) is 3.42. The molecule has 0 bridgehead atoms. The fraction of sp³-hybridized carbons (Fsp3) is 0.286. The summed E-state index contributed by atoms with van der Waals surface area (Å²) in [5, 5.41) is 0. The fourth-order valence-corrected chi connectivity index (χ4v) is 0.958. The molecule has 4 nitrogen and oxygen atoms in total. The van der Waals surface area contributed by atoms with Gasteiger partial charge in [0.05, 0.1) is 7.11 Å². The van der Waals surface area contributed by atoms with E-state index >= 15 is 0 Å². The molecule has 0 aliphatic rings. The molecule has 1 aromatic heterocycles. The van der Waals surface area contributed by atoms with E-state index in [9.17, 15) is 8.78 Å². The van der Waals surface area contributed by atoms with Crippen LogP contribution in [0.3, 0.4) is 0 Å². The van der Waals surface area contributed by atoms with Gasteiger partial charge in [-0.2, -0.15) is 0 Å². The highest BCUT2D eigenvalue weighted by molar-refractivity contribution is 5.55. The molecule has 1 aromatic rings. The van der Waals surface area contributed by atoms with Gasteiger partial charge in [-0.1, -0.05) is 0 Å². The van der Waals surface area contributed by atoms with Crippen molar-refractivity contribution in [2.75, 3.05) is 18.6 Å². The number of halogens is 2. The molecule has 72 valence electrons. The molecule has 0 spiro atoms. The number of methoxy groups -OCH3 is 1. The van der Waals surface area contributed by atoms with E-state index in [2.05, 4.69) is 9.72 Å². The number of hydrogen-bond donors (Lipinski definition) is 2. The maximum Gasteiger partial charge on any atom is 0.270 e. The lowest BCUT2D eigenvalue weighted by atomic mass is 10.2. The molecule has 0 saturated carbocycles. The van der Waals surface area contributed by atoms with Crippen molar-refractivity contribution in [1.82, 2.24) is 4.98 Å². The number of anilines is 2. The Morgan fingerprint density at radius 3 is 2.54 bits per heavy atom. The van der Waals surface area contributed by atoms with Crippen LogP contribution in [-0.4, -0.2) is 12.1 Å². The first-order valence-corrected chi connectivity index (χ1v) is 3.44. The van der Waals surface area contributed by atoms with Crippen molar-refractivity contribution in [2.24, 2.45) is 0 Å². The Morgan fingerprint density at radius 2 is 2.08 bits per heavy atom. The van der Waals surface area contributed by atoms with Crippen molar-refractivity contribution in [1.29, 1.82) is 0 Å². The second-order valence-electron chi connectivity index (χ2n) is 2.35. The summed E-state index contributed by atoms with van der Waals surface area (Å²) in [5.74, 6) is -0.286. The minimum absolute atomic E-state index is 0.0417. The Labute approximate surface area is 73.5 Å². The fourth-order valence-electron chi connectivity index (χ4n) is 0.958. The van der Waals surface area contributed by atoms with Crippen LogP contribution in [0.4, 0.5) is 20.4 Å². The summed E-state index contributed by atoms with van der Waals surface area (Å²) in [6.07, 6.45) is -2.72. The van der Waals surface area contributed by atoms with Gasteiger partial charge in [-0.05, 0) is 0 Å². The molecule has 0 aliphatic carbocycles. The van der Waals surface area contributed by atoms with E-state index < -0.39 is 12.0 Å². The van der Waals surface area contributed by atoms with Crippen molar-refractivity contribution < 1.29 is 13.5 Å². The zero-order valence-corrected chi connectivity index (χ0v) is 6.92. The first-order chi connectivity index (χ1) is 6.06. The van der Waals surface area contributed by atoms with Crippen molar-refractivity contribution in [3.63, 3.8) is 0 Å². The number of ether oxygens (including phenoxy) is 1. The molecule has 0 fully saturated rings. The van der Waals surface area contributed by atoms with E-state index in [1.165, 1.54) is 13.2 Å². The van der Waals surface area contributed by atoms with Crippen LogP contribution >= 0.6 is 0 Å². The molecule has 0 atom stereocenters. The molecule has 1 rings (SSSR count). The first-order valence-electron chi connectivity index (χ1n) is 3.44. The molecule has 1 heterocycles. The Balaban J connectivity index is 3.30. The maximum absolute atomic E-state index is 12.4. The number of rotatable bonds is 2. The number of nitrogens with zero attached hydrogens (tertiary/aromatic N) is 1. The molecule has 6 heteroatoms. The summed E-state index contributed by atoms with van der Waals surface area (Å²) in [5.41, 5.74) is 10.1. The molecular weight excluding hydrogens is 180 g/mol. The SMILES string of the molecule is COc1cc(N)nc(N)c1C(F)F. The number of aromatic nitrogens is 1. The number of alkyl halides is 2. The molecule has 13 heavy (non-hydrogen) atoms. The predicted octanol–water partition coefficient (Wildman–Crippen LogP) is 1.19. The smallest absolute Gasteiger partial charge is 0.270 e. The van der Waals surface area contributed by atoms with Crippen molar-refractivity contribution in [3.05, 3.63) is 11.6 Å². The van der Waals surface area contributed by atoms with Crippen LogP contribution in [0.2, 0.25) is 0 Å². The van der Waals surface area contributed by atoms with Crippen LogP contribution in [0.15, 0.2) is 6.07 Å². The third-order valence-corrected chi connectivity index (χ3v) is 1.51. The highest BCUT2D eigenvalue weighted by atomic mass is 19.3. The van der Waals surface area contributed by atoms with Gasteiger partial charge in [0.2, 0.25) is 0 Å². The van der Waals surface area contributed by atoms with E-state index in [-0.39, 0.29) is 17.4 Å². The lowest BCUT2D eigenvalue weighted by molar-refractivity contribution is 0.147. The van der Waals surface area contributed by atoms with Crippen LogP contribution < -0.4 is 16.2 Å². The highest BCUT2D eigenvalue weighted by Crippen LogP contribution is 2.33. The predicted molar refractivity (Wildman–Crippen MR) is 44.6 cm³/mol. The van der Waals surface area contributed by atoms with Gasteiger partial charge >= 0.3 is 0 Å². The van der Waals surface area contributed by atoms with Crippen LogP contribution in [-0.2, 0) is 0 Å². The molecule has 0 unspecified atom stereocenters. The van der Waals surface area contributed by atoms with Crippen molar-refractivity contribution >= 4 is 11.6 Å². The van der Waals surface area contributed by atoms with Gasteiger partial charge in [-0.15, -0.1) is 0 Å². The molecule has 0 aromatic carbocycles. The largest absolute Gasteiger partial charge is 0.496 e. The van der Waals surface area contributed by atoms with Crippen LogP contribution in [0.25, 0.3) is 0 Å². The van der Waals surface area contributed by atoms with E-state index in [0.717, 1.165) is 0 Å². The van der Waals surface area contributed by atoms with Crippen LogP contribution in [0, 0.1) is 0 Å². The average Bonchev–Trinajstić information content (AvgIpc) is 2.01. The Kier molecular flexibility index (Phi) is 2.50. The number of nitrogen functional groups attached to an aromatic ring is 2. The number of pyridine rings is 1. The standard InChI is InChI=1S/C7H9F2N3O/c1-13-3-2-4(10)12-7(11)5(3)6(8)9/h2,6H,1H3,(H4,10,11,12). The normalized spacial score (nSPS) is 10.5. The van der Waals surface area contributed by atoms with Crippen LogP contribution in [0.1, 0.15) is 12.0 Å². The Morgan fingerprint density at radius 1 is 1.46 bits per heavy atom. The quantitative estimate of drug-likeness (QED) is 0.732. The molecule has 0 aliphatic heterocycles. The van der Waals surface area contributed by atoms with Gasteiger partial charge in [0.25, 0.3) is 6.43 Å². The lowest BCUT2D eigenvalue weighted by Crippen LogP contribution is -2.04. The van der Waals surface area contributed by atoms with E-state index in [0.29, 0.717) is 0 Å². The lowest BCUT2D eigenvalue weighted by Gasteiger charge is -2.10. The Hall–Kier alpha value is -1.59. The zero-order chi connectivity index (χ0) is 10.0. The number of nitrogens with two attached hydrogens (primary N) is 2. The van der Waals surface area contributed by atoms with Crippen molar-refractivity contribution in [3.8, 4) is 5.75 Å². The highest BCUT2D eigenvalue weighted by Gasteiger charge is 2.19. The maximum atomic E-state index is 12.4. The topological polar surface area (TPSA) is 74.2 Å². The molecule has 4 N–H and O–H groups in total. The molecular formula is C7H9F2N3O. The van der Waals surface area contributed by atoms with E-state index in [1.54, 1.807) is 0 Å². The molecule has 0 saturated heterocycles. The zero-order valence-electron chi connectivity index (χ0n) is 6.92. The third-order valence-electron chi connectivity index (χ3n) is 1.51. The monoisotopic (exact) mass is 189 g/mol. The van der Waals surface area contributed by atoms with Gasteiger partial charge in [0.1, 0.15) is 22.9 Å². The van der Waals surface area contributed by atoms with Gasteiger partial charge in [0.15, 0.2) is 0 Å². The van der Waals surface area contributed by atoms with Crippen LogP contribution in [0.5, 0.6) is 5.75 Å². The minimum Gasteiger partial charge on any atom is -0.496 e.